The van der Waals surface area contributed by atoms with Crippen molar-refractivity contribution in [3.8, 4) is 0 Å². The molecule has 1 unspecified atom stereocenters. The number of amides is 2. The maximum atomic E-state index is 11.8. The molecule has 114 valence electrons. The van der Waals surface area contributed by atoms with Crippen molar-refractivity contribution in [3.63, 3.8) is 0 Å². The van der Waals surface area contributed by atoms with Gasteiger partial charge in [0.15, 0.2) is 0 Å². The van der Waals surface area contributed by atoms with Crippen LogP contribution in [0.5, 0.6) is 0 Å². The van der Waals surface area contributed by atoms with Crippen molar-refractivity contribution in [3.05, 3.63) is 29.8 Å². The summed E-state index contributed by atoms with van der Waals surface area (Å²) in [5.41, 5.74) is 0.0483. The van der Waals surface area contributed by atoms with Gasteiger partial charge in [-0.3, -0.25) is 0 Å². The predicted molar refractivity (Wildman–Crippen MR) is 75.6 cm³/mol. The van der Waals surface area contributed by atoms with Crippen molar-refractivity contribution in [1.82, 2.24) is 5.32 Å². The molecule has 0 spiro atoms. The molecule has 7 nitrogen and oxygen atoms in total. The third-order valence-electron chi connectivity index (χ3n) is 3.44. The summed E-state index contributed by atoms with van der Waals surface area (Å²) in [5, 5.41) is 14.2. The normalized spacial score (nSPS) is 21.0. The van der Waals surface area contributed by atoms with E-state index in [1.165, 1.54) is 12.1 Å². The Bertz CT molecular complexity index is 526. The number of ether oxygens (including phenoxy) is 2. The highest BCUT2D eigenvalue weighted by molar-refractivity contribution is 5.93. The number of benzene rings is 1. The summed E-state index contributed by atoms with van der Waals surface area (Å²) < 4.78 is 10.7. The van der Waals surface area contributed by atoms with Gasteiger partial charge in [-0.05, 0) is 18.2 Å². The van der Waals surface area contributed by atoms with Gasteiger partial charge in [0.2, 0.25) is 0 Å². The highest BCUT2D eigenvalue weighted by Crippen LogP contribution is 2.21. The monoisotopic (exact) mass is 294 g/mol. The quantitative estimate of drug-likeness (QED) is 0.761. The molecule has 1 saturated heterocycles. The van der Waals surface area contributed by atoms with E-state index >= 15 is 0 Å². The van der Waals surface area contributed by atoms with Crippen molar-refractivity contribution in [2.75, 3.05) is 32.2 Å². The summed E-state index contributed by atoms with van der Waals surface area (Å²) >= 11 is 0. The molecule has 0 aromatic heterocycles. The largest absolute Gasteiger partial charge is 0.478 e. The molecule has 1 heterocycles. The Morgan fingerprint density at radius 3 is 2.90 bits per heavy atom. The van der Waals surface area contributed by atoms with Crippen LogP contribution in [0.1, 0.15) is 16.8 Å². The van der Waals surface area contributed by atoms with E-state index in [0.717, 1.165) is 6.42 Å². The minimum absolute atomic E-state index is 0.116. The third-order valence-corrected chi connectivity index (χ3v) is 3.44. The maximum absolute atomic E-state index is 11.8. The second kappa shape index (κ2) is 6.55. The number of carboxylic acid groups (broad SMARTS) is 1. The van der Waals surface area contributed by atoms with E-state index in [1.54, 1.807) is 19.2 Å². The number of anilines is 1. The van der Waals surface area contributed by atoms with Gasteiger partial charge in [0, 0.05) is 25.8 Å². The molecular formula is C14H18N2O5. The van der Waals surface area contributed by atoms with Crippen molar-refractivity contribution in [2.45, 2.75) is 12.0 Å². The van der Waals surface area contributed by atoms with E-state index in [4.69, 9.17) is 14.6 Å². The van der Waals surface area contributed by atoms with Crippen LogP contribution in [0.4, 0.5) is 10.5 Å². The summed E-state index contributed by atoms with van der Waals surface area (Å²) in [7, 11) is 1.59. The average Bonchev–Trinajstić information content (AvgIpc) is 2.95. The summed E-state index contributed by atoms with van der Waals surface area (Å²) in [6, 6.07) is 5.63. The molecule has 7 heteroatoms. The highest BCUT2D eigenvalue weighted by Gasteiger charge is 2.35. The molecule has 2 rings (SSSR count). The Balaban J connectivity index is 1.90. The number of carboxylic acids is 1. The van der Waals surface area contributed by atoms with Gasteiger partial charge in [0.25, 0.3) is 0 Å². The lowest BCUT2D eigenvalue weighted by molar-refractivity contribution is -0.0135. The first kappa shape index (κ1) is 15.3. The third kappa shape index (κ3) is 3.93. The summed E-state index contributed by atoms with van der Waals surface area (Å²) in [4.78, 5) is 22.7. The van der Waals surface area contributed by atoms with Gasteiger partial charge in [-0.15, -0.1) is 0 Å². The maximum Gasteiger partial charge on any atom is 0.335 e. The Kier molecular flexibility index (Phi) is 4.77. The number of urea groups is 1. The zero-order valence-electron chi connectivity index (χ0n) is 11.7. The van der Waals surface area contributed by atoms with Crippen LogP contribution in [-0.2, 0) is 9.47 Å². The van der Waals surface area contributed by atoms with E-state index < -0.39 is 17.6 Å². The molecule has 1 atom stereocenters. The van der Waals surface area contributed by atoms with Crippen LogP contribution < -0.4 is 10.6 Å². The molecular weight excluding hydrogens is 276 g/mol. The van der Waals surface area contributed by atoms with Crippen LogP contribution in [0.2, 0.25) is 0 Å². The van der Waals surface area contributed by atoms with Crippen LogP contribution in [0.15, 0.2) is 24.3 Å². The summed E-state index contributed by atoms with van der Waals surface area (Å²) in [6.07, 6.45) is 0.721. The van der Waals surface area contributed by atoms with Crippen molar-refractivity contribution in [2.24, 2.45) is 0 Å². The lowest BCUT2D eigenvalue weighted by atomic mass is 10.0. The van der Waals surface area contributed by atoms with Gasteiger partial charge in [0.05, 0.1) is 18.7 Å². The van der Waals surface area contributed by atoms with Crippen LogP contribution in [0.3, 0.4) is 0 Å². The molecule has 1 fully saturated rings. The van der Waals surface area contributed by atoms with E-state index in [1.807, 2.05) is 0 Å². The first-order chi connectivity index (χ1) is 10.0. The second-order valence-corrected chi connectivity index (χ2v) is 4.88. The summed E-state index contributed by atoms with van der Waals surface area (Å²) in [5.74, 6) is -1.04. The second-order valence-electron chi connectivity index (χ2n) is 4.88. The van der Waals surface area contributed by atoms with Crippen LogP contribution in [0.25, 0.3) is 0 Å². The lowest BCUT2D eigenvalue weighted by Gasteiger charge is -2.25. The van der Waals surface area contributed by atoms with Gasteiger partial charge in [0.1, 0.15) is 5.60 Å². The Hall–Kier alpha value is -2.12. The van der Waals surface area contributed by atoms with E-state index in [2.05, 4.69) is 10.6 Å². The molecule has 1 aliphatic rings. The smallest absolute Gasteiger partial charge is 0.335 e. The molecule has 1 aliphatic heterocycles. The van der Waals surface area contributed by atoms with E-state index in [-0.39, 0.29) is 5.56 Å². The number of carbonyl (C=O) groups excluding carboxylic acids is 1. The molecule has 0 saturated carbocycles. The fraction of sp³-hybridized carbons (Fsp3) is 0.429. The summed E-state index contributed by atoms with van der Waals surface area (Å²) in [6.45, 7) is 1.38. The van der Waals surface area contributed by atoms with Gasteiger partial charge >= 0.3 is 12.0 Å². The fourth-order valence-corrected chi connectivity index (χ4v) is 2.11. The van der Waals surface area contributed by atoms with Gasteiger partial charge in [-0.2, -0.15) is 0 Å². The van der Waals surface area contributed by atoms with Crippen molar-refractivity contribution >= 4 is 17.7 Å². The van der Waals surface area contributed by atoms with Crippen LogP contribution in [0, 0.1) is 0 Å². The average molecular weight is 294 g/mol. The SMILES string of the molecule is COC1(CNC(=O)Nc2cccc(C(=O)O)c2)CCOC1. The topological polar surface area (TPSA) is 96.9 Å². The Labute approximate surface area is 122 Å². The number of hydrogen-bond acceptors (Lipinski definition) is 4. The minimum Gasteiger partial charge on any atom is -0.478 e. The van der Waals surface area contributed by atoms with Crippen molar-refractivity contribution in [1.29, 1.82) is 0 Å². The molecule has 3 N–H and O–H groups in total. The first-order valence-electron chi connectivity index (χ1n) is 6.56. The number of carbonyl (C=O) groups is 2. The van der Waals surface area contributed by atoms with Gasteiger partial charge < -0.3 is 25.2 Å². The predicted octanol–water partition coefficient (Wildman–Crippen LogP) is 1.31. The number of aromatic carboxylic acids is 1. The minimum atomic E-state index is -1.04. The number of rotatable bonds is 5. The Morgan fingerprint density at radius 2 is 2.29 bits per heavy atom. The number of methoxy groups -OCH3 is 1. The fourth-order valence-electron chi connectivity index (χ4n) is 2.11. The molecule has 0 bridgehead atoms. The van der Waals surface area contributed by atoms with Crippen LogP contribution >= 0.6 is 0 Å². The van der Waals surface area contributed by atoms with E-state index in [0.29, 0.717) is 25.4 Å². The molecule has 0 aliphatic carbocycles. The first-order valence-corrected chi connectivity index (χ1v) is 6.56. The number of hydrogen-bond donors (Lipinski definition) is 3. The number of nitrogens with one attached hydrogen (secondary N) is 2. The molecule has 21 heavy (non-hydrogen) atoms. The van der Waals surface area contributed by atoms with Crippen molar-refractivity contribution < 1.29 is 24.2 Å². The zero-order chi connectivity index (χ0) is 15.3. The molecule has 1 aromatic carbocycles. The van der Waals surface area contributed by atoms with Gasteiger partial charge in [-0.25, -0.2) is 9.59 Å². The lowest BCUT2D eigenvalue weighted by Crippen LogP contribution is -2.46. The van der Waals surface area contributed by atoms with Gasteiger partial charge in [-0.1, -0.05) is 6.07 Å². The Morgan fingerprint density at radius 1 is 1.48 bits per heavy atom. The molecule has 2 amide bonds. The van der Waals surface area contributed by atoms with E-state index in [9.17, 15) is 9.59 Å². The standard InChI is InChI=1S/C14H18N2O5/c1-20-14(5-6-21-9-14)8-15-13(19)16-11-4-2-3-10(7-11)12(17)18/h2-4,7H,5-6,8-9H2,1H3,(H,17,18)(H2,15,16,19). The van der Waals surface area contributed by atoms with Crippen LogP contribution in [-0.4, -0.2) is 49.6 Å². The highest BCUT2D eigenvalue weighted by atomic mass is 16.5. The molecule has 1 aromatic rings. The molecule has 0 radical (unpaired) electrons. The zero-order valence-corrected chi connectivity index (χ0v) is 11.7.